The van der Waals surface area contributed by atoms with Gasteiger partial charge in [-0.2, -0.15) is 0 Å². The molecule has 0 radical (unpaired) electrons. The molecule has 1 heterocycles. The van der Waals surface area contributed by atoms with E-state index < -0.39 is 19.9 Å². The van der Waals surface area contributed by atoms with Crippen LogP contribution in [-0.4, -0.2) is 66.1 Å². The zero-order chi connectivity index (χ0) is 22.8. The van der Waals surface area contributed by atoms with Crippen LogP contribution in [0.5, 0.6) is 0 Å². The maximum atomic E-state index is 12.5. The van der Waals surface area contributed by atoms with E-state index in [0.717, 1.165) is 38.2 Å². The summed E-state index contributed by atoms with van der Waals surface area (Å²) in [5.41, 5.74) is 2.87. The molecule has 9 heteroatoms. The van der Waals surface area contributed by atoms with Gasteiger partial charge in [-0.05, 0) is 74.3 Å². The van der Waals surface area contributed by atoms with Crippen LogP contribution in [0.2, 0.25) is 0 Å². The second-order valence-corrected chi connectivity index (χ2v) is 12.0. The maximum absolute atomic E-state index is 12.5. The summed E-state index contributed by atoms with van der Waals surface area (Å²) in [6.45, 7) is 6.39. The predicted octanol–water partition coefficient (Wildman–Crippen LogP) is 1.77. The Bertz CT molecular complexity index is 1160. The van der Waals surface area contributed by atoms with E-state index in [2.05, 4.69) is 16.8 Å². The molecule has 2 N–H and O–H groups in total. The van der Waals surface area contributed by atoms with Gasteiger partial charge in [0, 0.05) is 25.9 Å². The van der Waals surface area contributed by atoms with Crippen LogP contribution in [0.4, 0.5) is 0 Å². The minimum atomic E-state index is -3.84. The van der Waals surface area contributed by atoms with Crippen LogP contribution in [0.25, 0.3) is 0 Å². The number of sulfonamides is 1. The SMILES string of the molecule is Cc1ccc(Cc2ccc(CN3CCCN(C)CC3)cc2S(C)(=O)=O)cc1S(N)(=O)=O. The largest absolute Gasteiger partial charge is 0.305 e. The van der Waals surface area contributed by atoms with Crippen molar-refractivity contribution in [3.05, 3.63) is 58.7 Å². The fourth-order valence-electron chi connectivity index (χ4n) is 3.99. The summed E-state index contributed by atoms with van der Waals surface area (Å²) in [4.78, 5) is 5.01. The number of nitrogens with zero attached hydrogens (tertiary/aromatic N) is 2. The minimum absolute atomic E-state index is 0.0636. The molecule has 0 aliphatic carbocycles. The van der Waals surface area contributed by atoms with Crippen molar-refractivity contribution in [1.29, 1.82) is 0 Å². The average Bonchev–Trinajstić information content (AvgIpc) is 2.87. The summed E-state index contributed by atoms with van der Waals surface area (Å²) in [5.74, 6) is 0. The van der Waals surface area contributed by atoms with E-state index in [0.29, 0.717) is 29.7 Å². The first-order valence-electron chi connectivity index (χ1n) is 10.3. The Hall–Kier alpha value is -1.78. The Kier molecular flexibility index (Phi) is 7.22. The molecule has 0 spiro atoms. The number of benzene rings is 2. The van der Waals surface area contributed by atoms with Crippen molar-refractivity contribution in [2.45, 2.75) is 36.1 Å². The highest BCUT2D eigenvalue weighted by atomic mass is 32.2. The Morgan fingerprint density at radius 3 is 2.26 bits per heavy atom. The molecule has 2 aromatic rings. The van der Waals surface area contributed by atoms with Crippen molar-refractivity contribution in [3.8, 4) is 0 Å². The molecule has 170 valence electrons. The number of hydrogen-bond acceptors (Lipinski definition) is 6. The summed E-state index contributed by atoms with van der Waals surface area (Å²) < 4.78 is 48.7. The number of likely N-dealkylation sites (N-methyl/N-ethyl adjacent to an activating group) is 1. The first-order chi connectivity index (χ1) is 14.4. The molecular weight excluding hydrogens is 434 g/mol. The summed E-state index contributed by atoms with van der Waals surface area (Å²) in [6, 6.07) is 10.6. The van der Waals surface area contributed by atoms with Crippen LogP contribution in [0.3, 0.4) is 0 Å². The van der Waals surface area contributed by atoms with Crippen molar-refractivity contribution in [2.24, 2.45) is 5.14 Å². The van der Waals surface area contributed by atoms with Crippen LogP contribution >= 0.6 is 0 Å². The molecule has 0 saturated carbocycles. The molecule has 3 rings (SSSR count). The fraction of sp³-hybridized carbons (Fsp3) is 0.455. The van der Waals surface area contributed by atoms with Gasteiger partial charge in [0.15, 0.2) is 9.84 Å². The van der Waals surface area contributed by atoms with Gasteiger partial charge in [-0.1, -0.05) is 24.3 Å². The number of rotatable bonds is 6. The second kappa shape index (κ2) is 9.38. The van der Waals surface area contributed by atoms with E-state index in [4.69, 9.17) is 5.14 Å². The van der Waals surface area contributed by atoms with E-state index >= 15 is 0 Å². The molecule has 0 aromatic heterocycles. The molecule has 0 atom stereocenters. The Labute approximate surface area is 185 Å². The lowest BCUT2D eigenvalue weighted by Gasteiger charge is -2.21. The lowest BCUT2D eigenvalue weighted by atomic mass is 10.0. The number of hydrogen-bond donors (Lipinski definition) is 1. The van der Waals surface area contributed by atoms with E-state index in [1.54, 1.807) is 25.1 Å². The normalized spacial score (nSPS) is 16.9. The lowest BCUT2D eigenvalue weighted by Crippen LogP contribution is -2.28. The van der Waals surface area contributed by atoms with Gasteiger partial charge < -0.3 is 4.90 Å². The highest BCUT2D eigenvalue weighted by Crippen LogP contribution is 2.24. The van der Waals surface area contributed by atoms with Crippen molar-refractivity contribution < 1.29 is 16.8 Å². The minimum Gasteiger partial charge on any atom is -0.305 e. The summed E-state index contributed by atoms with van der Waals surface area (Å²) in [6.07, 6.45) is 2.61. The van der Waals surface area contributed by atoms with Crippen molar-refractivity contribution >= 4 is 19.9 Å². The van der Waals surface area contributed by atoms with Gasteiger partial charge in [-0.3, -0.25) is 4.90 Å². The zero-order valence-electron chi connectivity index (χ0n) is 18.3. The Morgan fingerprint density at radius 2 is 1.58 bits per heavy atom. The molecule has 1 fully saturated rings. The number of sulfone groups is 1. The van der Waals surface area contributed by atoms with Crippen molar-refractivity contribution in [3.63, 3.8) is 0 Å². The standard InChI is InChI=1S/C22H31N3O4S2/c1-17-5-6-18(14-21(17)31(23,28)29)13-20-8-7-19(15-22(20)30(3,26)27)16-25-10-4-9-24(2)11-12-25/h5-8,14-15H,4,9-13,16H2,1-3H3,(H2,23,28,29). The molecule has 2 aromatic carbocycles. The lowest BCUT2D eigenvalue weighted by molar-refractivity contribution is 0.269. The first kappa shape index (κ1) is 23.9. The van der Waals surface area contributed by atoms with Gasteiger partial charge >= 0.3 is 0 Å². The van der Waals surface area contributed by atoms with E-state index in [-0.39, 0.29) is 9.79 Å². The van der Waals surface area contributed by atoms with E-state index in [9.17, 15) is 16.8 Å². The van der Waals surface area contributed by atoms with Crippen LogP contribution < -0.4 is 5.14 Å². The van der Waals surface area contributed by atoms with Crippen LogP contribution in [0, 0.1) is 6.92 Å². The molecular formula is C22H31N3O4S2. The molecule has 1 saturated heterocycles. The van der Waals surface area contributed by atoms with Crippen LogP contribution in [0.1, 0.15) is 28.7 Å². The molecule has 31 heavy (non-hydrogen) atoms. The van der Waals surface area contributed by atoms with Gasteiger partial charge in [0.25, 0.3) is 0 Å². The third kappa shape index (κ3) is 6.36. The third-order valence-electron chi connectivity index (χ3n) is 5.70. The Balaban J connectivity index is 1.89. The van der Waals surface area contributed by atoms with Crippen LogP contribution in [-0.2, 0) is 32.8 Å². The quantitative estimate of drug-likeness (QED) is 0.698. The summed E-state index contributed by atoms with van der Waals surface area (Å²) >= 11 is 0. The zero-order valence-corrected chi connectivity index (χ0v) is 20.0. The molecule has 7 nitrogen and oxygen atoms in total. The summed E-state index contributed by atoms with van der Waals surface area (Å²) in [7, 11) is -5.18. The van der Waals surface area contributed by atoms with Gasteiger partial charge in [0.1, 0.15) is 0 Å². The molecule has 0 bridgehead atoms. The second-order valence-electron chi connectivity index (χ2n) is 8.47. The maximum Gasteiger partial charge on any atom is 0.238 e. The van der Waals surface area contributed by atoms with Gasteiger partial charge in [0.2, 0.25) is 10.0 Å². The summed E-state index contributed by atoms with van der Waals surface area (Å²) in [5, 5.41) is 5.32. The molecule has 0 amide bonds. The number of nitrogens with two attached hydrogens (primary N) is 1. The smallest absolute Gasteiger partial charge is 0.238 e. The fourth-order valence-corrected chi connectivity index (χ4v) is 5.80. The Morgan fingerprint density at radius 1 is 0.903 bits per heavy atom. The predicted molar refractivity (Wildman–Crippen MR) is 122 cm³/mol. The molecule has 0 unspecified atom stereocenters. The third-order valence-corrected chi connectivity index (χ3v) is 7.93. The van der Waals surface area contributed by atoms with Crippen molar-refractivity contribution in [2.75, 3.05) is 39.5 Å². The van der Waals surface area contributed by atoms with Gasteiger partial charge in [-0.15, -0.1) is 0 Å². The molecule has 1 aliphatic rings. The van der Waals surface area contributed by atoms with Gasteiger partial charge in [-0.25, -0.2) is 22.0 Å². The average molecular weight is 466 g/mol. The number of primary sulfonamides is 1. The van der Waals surface area contributed by atoms with E-state index in [1.807, 2.05) is 12.1 Å². The van der Waals surface area contributed by atoms with Crippen LogP contribution in [0.15, 0.2) is 46.2 Å². The molecule has 1 aliphatic heterocycles. The van der Waals surface area contributed by atoms with Crippen molar-refractivity contribution in [1.82, 2.24) is 9.80 Å². The monoisotopic (exact) mass is 465 g/mol. The first-order valence-corrected chi connectivity index (χ1v) is 13.7. The highest BCUT2D eigenvalue weighted by Gasteiger charge is 2.18. The van der Waals surface area contributed by atoms with E-state index in [1.165, 1.54) is 12.3 Å². The highest BCUT2D eigenvalue weighted by molar-refractivity contribution is 7.90. The number of aryl methyl sites for hydroxylation is 1. The topological polar surface area (TPSA) is 101 Å². The van der Waals surface area contributed by atoms with Gasteiger partial charge in [0.05, 0.1) is 9.79 Å².